The minimum atomic E-state index is -0.253. The Labute approximate surface area is 157 Å². The summed E-state index contributed by atoms with van der Waals surface area (Å²) >= 11 is 10.9. The summed E-state index contributed by atoms with van der Waals surface area (Å²) < 4.78 is 14.5. The van der Waals surface area contributed by atoms with E-state index in [1.807, 2.05) is 0 Å². The van der Waals surface area contributed by atoms with Crippen molar-refractivity contribution in [2.24, 2.45) is 4.99 Å². The Morgan fingerprint density at radius 3 is 2.92 bits per heavy atom. The molecular formula is C17H13BrClFN2OS. The van der Waals surface area contributed by atoms with Crippen molar-refractivity contribution in [3.05, 3.63) is 68.9 Å². The van der Waals surface area contributed by atoms with Gasteiger partial charge in [0.25, 0.3) is 5.91 Å². The van der Waals surface area contributed by atoms with Crippen molar-refractivity contribution in [1.29, 1.82) is 0 Å². The molecule has 0 radical (unpaired) electrons. The maximum atomic E-state index is 13.7. The third-order valence-corrected chi connectivity index (χ3v) is 5.41. The van der Waals surface area contributed by atoms with Crippen LogP contribution in [0.15, 0.2) is 51.9 Å². The number of amidine groups is 1. The predicted octanol–water partition coefficient (Wildman–Crippen LogP) is 4.99. The van der Waals surface area contributed by atoms with E-state index in [9.17, 15) is 9.18 Å². The van der Waals surface area contributed by atoms with Crippen LogP contribution < -0.4 is 0 Å². The first-order valence-electron chi connectivity index (χ1n) is 7.24. The summed E-state index contributed by atoms with van der Waals surface area (Å²) in [4.78, 5) is 18.7. The van der Waals surface area contributed by atoms with Crippen molar-refractivity contribution in [3.8, 4) is 0 Å². The molecule has 0 aliphatic carbocycles. The van der Waals surface area contributed by atoms with Crippen LogP contribution >= 0.6 is 39.3 Å². The third-order valence-electron chi connectivity index (χ3n) is 3.52. The number of halogens is 3. The standard InChI is InChI=1S/C17H13BrClFN2OS/c18-12-5-6-14(19)13(9-12)16(23)22-8-7-21-17(22)24-10-11-3-1-2-4-15(11)20/h1-6,9H,7-8,10H2. The highest BCUT2D eigenvalue weighted by atomic mass is 79.9. The van der Waals surface area contributed by atoms with Crippen molar-refractivity contribution in [1.82, 2.24) is 4.90 Å². The van der Waals surface area contributed by atoms with E-state index in [1.165, 1.54) is 17.8 Å². The van der Waals surface area contributed by atoms with Gasteiger partial charge < -0.3 is 0 Å². The molecule has 0 fully saturated rings. The van der Waals surface area contributed by atoms with Crippen LogP contribution in [0.1, 0.15) is 15.9 Å². The van der Waals surface area contributed by atoms with Gasteiger partial charge >= 0.3 is 0 Å². The Morgan fingerprint density at radius 2 is 2.12 bits per heavy atom. The molecule has 2 aromatic carbocycles. The van der Waals surface area contributed by atoms with E-state index >= 15 is 0 Å². The monoisotopic (exact) mass is 426 g/mol. The van der Waals surface area contributed by atoms with Gasteiger partial charge in [0, 0.05) is 16.8 Å². The molecule has 0 aromatic heterocycles. The zero-order valence-corrected chi connectivity index (χ0v) is 15.7. The summed E-state index contributed by atoms with van der Waals surface area (Å²) in [7, 11) is 0. The first kappa shape index (κ1) is 17.5. The molecule has 2 aromatic rings. The number of hydrogen-bond donors (Lipinski definition) is 0. The van der Waals surface area contributed by atoms with E-state index in [-0.39, 0.29) is 11.7 Å². The molecule has 24 heavy (non-hydrogen) atoms. The average molecular weight is 428 g/mol. The number of aliphatic imine (C=N–C) groups is 1. The number of amides is 1. The molecule has 124 valence electrons. The van der Waals surface area contributed by atoms with Crippen LogP contribution in [0.5, 0.6) is 0 Å². The summed E-state index contributed by atoms with van der Waals surface area (Å²) in [6.45, 7) is 1.04. The fraction of sp³-hybridized carbons (Fsp3) is 0.176. The molecule has 0 saturated heterocycles. The first-order valence-corrected chi connectivity index (χ1v) is 9.39. The normalized spacial score (nSPS) is 14.0. The molecular weight excluding hydrogens is 415 g/mol. The Morgan fingerprint density at radius 1 is 1.33 bits per heavy atom. The van der Waals surface area contributed by atoms with Crippen LogP contribution in [0.3, 0.4) is 0 Å². The molecule has 3 nitrogen and oxygen atoms in total. The highest BCUT2D eigenvalue weighted by molar-refractivity contribution is 9.10. The molecule has 0 N–H and O–H groups in total. The van der Waals surface area contributed by atoms with Crippen LogP contribution in [-0.2, 0) is 5.75 Å². The average Bonchev–Trinajstić information content (AvgIpc) is 3.04. The Hall–Kier alpha value is -1.37. The van der Waals surface area contributed by atoms with Gasteiger partial charge in [-0.05, 0) is 29.8 Å². The zero-order chi connectivity index (χ0) is 17.1. The molecule has 1 aliphatic rings. The smallest absolute Gasteiger partial charge is 0.261 e. The van der Waals surface area contributed by atoms with Crippen molar-refractivity contribution >= 4 is 50.4 Å². The Bertz CT molecular complexity index is 815. The minimum Gasteiger partial charge on any atom is -0.286 e. The number of nitrogens with zero attached hydrogens (tertiary/aromatic N) is 2. The van der Waals surface area contributed by atoms with E-state index in [0.717, 1.165) is 4.47 Å². The maximum absolute atomic E-state index is 13.7. The van der Waals surface area contributed by atoms with Gasteiger partial charge in [-0.15, -0.1) is 0 Å². The van der Waals surface area contributed by atoms with Crippen LogP contribution in [0, 0.1) is 5.82 Å². The van der Waals surface area contributed by atoms with Gasteiger partial charge in [-0.2, -0.15) is 0 Å². The maximum Gasteiger partial charge on any atom is 0.261 e. The highest BCUT2D eigenvalue weighted by Gasteiger charge is 2.26. The second-order valence-electron chi connectivity index (χ2n) is 5.13. The van der Waals surface area contributed by atoms with E-state index in [0.29, 0.717) is 40.2 Å². The molecule has 3 rings (SSSR count). The SMILES string of the molecule is O=C(c1cc(Br)ccc1Cl)N1CCN=C1SCc1ccccc1F. The van der Waals surface area contributed by atoms with Gasteiger partial charge in [-0.1, -0.05) is 57.5 Å². The van der Waals surface area contributed by atoms with E-state index < -0.39 is 0 Å². The number of carbonyl (C=O) groups excluding carboxylic acids is 1. The van der Waals surface area contributed by atoms with Crippen molar-refractivity contribution in [2.75, 3.05) is 13.1 Å². The number of thioether (sulfide) groups is 1. The fourth-order valence-electron chi connectivity index (χ4n) is 2.30. The Kier molecular flexibility index (Phi) is 5.58. The second kappa shape index (κ2) is 7.68. The van der Waals surface area contributed by atoms with Gasteiger partial charge in [-0.3, -0.25) is 14.7 Å². The second-order valence-corrected chi connectivity index (χ2v) is 7.39. The van der Waals surface area contributed by atoms with Gasteiger partial charge in [0.05, 0.1) is 17.1 Å². The first-order chi connectivity index (χ1) is 11.6. The third kappa shape index (κ3) is 3.82. The summed E-state index contributed by atoms with van der Waals surface area (Å²) in [6, 6.07) is 11.8. The summed E-state index contributed by atoms with van der Waals surface area (Å²) in [5.74, 6) is -0.0308. The Balaban J connectivity index is 1.74. The molecule has 0 unspecified atom stereocenters. The molecule has 0 saturated carbocycles. The lowest BCUT2D eigenvalue weighted by atomic mass is 10.2. The van der Waals surface area contributed by atoms with E-state index in [4.69, 9.17) is 11.6 Å². The lowest BCUT2D eigenvalue weighted by Gasteiger charge is -2.18. The highest BCUT2D eigenvalue weighted by Crippen LogP contribution is 2.26. The molecule has 0 spiro atoms. The lowest BCUT2D eigenvalue weighted by molar-refractivity contribution is 0.0861. The van der Waals surface area contributed by atoms with Crippen molar-refractivity contribution < 1.29 is 9.18 Å². The van der Waals surface area contributed by atoms with E-state index in [2.05, 4.69) is 20.9 Å². The molecule has 0 atom stereocenters. The number of carbonyl (C=O) groups is 1. The zero-order valence-electron chi connectivity index (χ0n) is 12.5. The number of benzene rings is 2. The molecule has 1 heterocycles. The predicted molar refractivity (Wildman–Crippen MR) is 100 cm³/mol. The van der Waals surface area contributed by atoms with Crippen molar-refractivity contribution in [2.45, 2.75) is 5.75 Å². The minimum absolute atomic E-state index is 0.196. The molecule has 0 bridgehead atoms. The van der Waals surface area contributed by atoms with Crippen LogP contribution in [0.25, 0.3) is 0 Å². The largest absolute Gasteiger partial charge is 0.286 e. The topological polar surface area (TPSA) is 32.7 Å². The van der Waals surface area contributed by atoms with E-state index in [1.54, 1.807) is 41.3 Å². The molecule has 1 amide bonds. The quantitative estimate of drug-likeness (QED) is 0.691. The van der Waals surface area contributed by atoms with Gasteiger partial charge in [0.15, 0.2) is 5.17 Å². The van der Waals surface area contributed by atoms with Gasteiger partial charge in [0.1, 0.15) is 5.82 Å². The molecule has 1 aliphatic heterocycles. The van der Waals surface area contributed by atoms with Gasteiger partial charge in [-0.25, -0.2) is 4.39 Å². The summed E-state index contributed by atoms with van der Waals surface area (Å²) in [5.41, 5.74) is 1.01. The van der Waals surface area contributed by atoms with Crippen LogP contribution in [0.2, 0.25) is 5.02 Å². The summed E-state index contributed by atoms with van der Waals surface area (Å²) in [5, 5.41) is 0.993. The van der Waals surface area contributed by atoms with Crippen LogP contribution in [-0.4, -0.2) is 29.1 Å². The van der Waals surface area contributed by atoms with Gasteiger partial charge in [0.2, 0.25) is 0 Å². The number of hydrogen-bond acceptors (Lipinski definition) is 3. The fourth-order valence-corrected chi connectivity index (χ4v) is 3.89. The lowest BCUT2D eigenvalue weighted by Crippen LogP contribution is -2.33. The number of rotatable bonds is 3. The summed E-state index contributed by atoms with van der Waals surface area (Å²) in [6.07, 6.45) is 0. The van der Waals surface area contributed by atoms with Crippen LogP contribution in [0.4, 0.5) is 4.39 Å². The van der Waals surface area contributed by atoms with Crippen molar-refractivity contribution in [3.63, 3.8) is 0 Å². The molecule has 7 heteroatoms.